The molecule has 12 heteroatoms. The number of likely N-dealkylation sites (tertiary alicyclic amines) is 1. The van der Waals surface area contributed by atoms with E-state index in [1.165, 1.54) is 16.2 Å². The molecular formula is C22H35F3N6O2S. The van der Waals surface area contributed by atoms with Crippen LogP contribution in [0.4, 0.5) is 28.7 Å². The zero-order valence-electron chi connectivity index (χ0n) is 20.0. The number of hydrogen-bond acceptors (Lipinski definition) is 7. The number of carbonyl (C=O) groups is 2. The highest BCUT2D eigenvalue weighted by Gasteiger charge is 2.43. The fourth-order valence-corrected chi connectivity index (χ4v) is 6.07. The summed E-state index contributed by atoms with van der Waals surface area (Å²) >= 11 is 1.51. The van der Waals surface area contributed by atoms with E-state index >= 15 is 0 Å². The first-order chi connectivity index (χ1) is 15.9. The van der Waals surface area contributed by atoms with Crippen LogP contribution in [0.5, 0.6) is 0 Å². The van der Waals surface area contributed by atoms with Crippen molar-refractivity contribution >= 4 is 34.0 Å². The second kappa shape index (κ2) is 10.7. The fraction of sp³-hybridized carbons (Fsp3) is 0.727. The monoisotopic (exact) mass is 504 g/mol. The maximum atomic E-state index is 13.4. The van der Waals surface area contributed by atoms with Crippen molar-refractivity contribution in [2.75, 3.05) is 58.8 Å². The van der Waals surface area contributed by atoms with Crippen molar-refractivity contribution in [3.63, 3.8) is 0 Å². The molecule has 1 saturated heterocycles. The van der Waals surface area contributed by atoms with Gasteiger partial charge in [-0.1, -0.05) is 0 Å². The summed E-state index contributed by atoms with van der Waals surface area (Å²) in [5.74, 6) is -0.737. The van der Waals surface area contributed by atoms with Crippen molar-refractivity contribution < 1.29 is 22.8 Å². The lowest BCUT2D eigenvalue weighted by Gasteiger charge is -2.45. The maximum Gasteiger partial charge on any atom is 0.389 e. The van der Waals surface area contributed by atoms with E-state index in [1.807, 2.05) is 26.0 Å². The summed E-state index contributed by atoms with van der Waals surface area (Å²) in [5.41, 5.74) is 13.9. The summed E-state index contributed by atoms with van der Waals surface area (Å²) in [4.78, 5) is 32.4. The Bertz CT molecular complexity index is 891. The number of nitrogens with two attached hydrogens (primary N) is 2. The van der Waals surface area contributed by atoms with E-state index < -0.39 is 30.5 Å². The molecule has 1 aromatic heterocycles. The minimum atomic E-state index is -4.34. The third-order valence-corrected chi connectivity index (χ3v) is 7.86. The van der Waals surface area contributed by atoms with E-state index in [4.69, 9.17) is 11.5 Å². The lowest BCUT2D eigenvalue weighted by atomic mass is 9.74. The first-order valence-corrected chi connectivity index (χ1v) is 12.4. The Morgan fingerprint density at radius 3 is 2.56 bits per heavy atom. The molecule has 0 aromatic carbocycles. The van der Waals surface area contributed by atoms with Crippen LogP contribution >= 0.6 is 11.3 Å². The van der Waals surface area contributed by atoms with Gasteiger partial charge in [0.25, 0.3) is 0 Å². The van der Waals surface area contributed by atoms with Crippen LogP contribution in [-0.4, -0.2) is 86.2 Å². The van der Waals surface area contributed by atoms with Gasteiger partial charge >= 0.3 is 12.2 Å². The molecule has 1 aliphatic carbocycles. The zero-order chi connectivity index (χ0) is 25.2. The number of nitrogens with zero attached hydrogens (tertiary/aromatic N) is 3. The largest absolute Gasteiger partial charge is 0.396 e. The van der Waals surface area contributed by atoms with Gasteiger partial charge in [0.2, 0.25) is 5.91 Å². The number of rotatable bonds is 7. The number of carbonyl (C=O) groups excluding carboxylic acids is 2. The number of piperidine rings is 1. The molecule has 1 aromatic rings. The zero-order valence-corrected chi connectivity index (χ0v) is 20.8. The van der Waals surface area contributed by atoms with E-state index in [2.05, 4.69) is 10.2 Å². The molecule has 0 unspecified atom stereocenters. The van der Waals surface area contributed by atoms with Crippen molar-refractivity contribution in [3.8, 4) is 0 Å². The molecule has 0 bridgehead atoms. The smallest absolute Gasteiger partial charge is 0.389 e. The molecule has 2 aliphatic rings. The van der Waals surface area contributed by atoms with E-state index in [1.54, 1.807) is 0 Å². The molecule has 5 N–H and O–H groups in total. The number of imide groups is 1. The predicted molar refractivity (Wildman–Crippen MR) is 128 cm³/mol. The Labute approximate surface area is 202 Å². The molecule has 8 nitrogen and oxygen atoms in total. The van der Waals surface area contributed by atoms with E-state index in [9.17, 15) is 22.8 Å². The standard InChI is InChI=1S/C22H35F3N6O2S/c1-29(2)8-6-28-21(33)31(7-4-5-22(23,24)25)20(32)14-9-13-10-15-17(34-19(27)18(15)26)11-16(13)30(3)12-14/h13-14,16H,4-12,26-27H2,1-3H3,(H,28,33)/t13-,14-,16-/m1/s1. The van der Waals surface area contributed by atoms with Crippen molar-refractivity contribution in [3.05, 3.63) is 10.4 Å². The van der Waals surface area contributed by atoms with Gasteiger partial charge in [0.15, 0.2) is 0 Å². The van der Waals surface area contributed by atoms with E-state index in [0.717, 1.165) is 16.9 Å². The predicted octanol–water partition coefficient (Wildman–Crippen LogP) is 2.39. The average molecular weight is 505 g/mol. The number of nitrogens with one attached hydrogen (secondary N) is 1. The highest BCUT2D eigenvalue weighted by molar-refractivity contribution is 7.16. The summed E-state index contributed by atoms with van der Waals surface area (Å²) in [6.07, 6.45) is -3.63. The number of nitrogen functional groups attached to an aromatic ring is 2. The number of hydrogen-bond donors (Lipinski definition) is 3. The number of fused-ring (bicyclic) bond motifs is 2. The number of urea groups is 1. The van der Waals surface area contributed by atoms with Gasteiger partial charge in [0.1, 0.15) is 5.00 Å². The number of anilines is 2. The SMILES string of the molecule is CN(C)CCNC(=O)N(CCCC(F)(F)F)C(=O)[C@@H]1C[C@@H]2Cc3c(sc(N)c3N)C[C@H]2N(C)C1. The third kappa shape index (κ3) is 6.33. The molecule has 3 rings (SSSR count). The highest BCUT2D eigenvalue weighted by Crippen LogP contribution is 2.44. The molecule has 3 atom stereocenters. The van der Waals surface area contributed by atoms with Gasteiger partial charge in [-0.15, -0.1) is 11.3 Å². The van der Waals surface area contributed by atoms with Crippen molar-refractivity contribution in [2.24, 2.45) is 11.8 Å². The molecule has 0 saturated carbocycles. The van der Waals surface area contributed by atoms with Gasteiger partial charge < -0.3 is 26.6 Å². The van der Waals surface area contributed by atoms with Crippen LogP contribution in [-0.2, 0) is 17.6 Å². The maximum absolute atomic E-state index is 13.4. The number of amides is 3. The summed E-state index contributed by atoms with van der Waals surface area (Å²) in [6.45, 7) is 1.04. The van der Waals surface area contributed by atoms with Crippen LogP contribution in [0.25, 0.3) is 0 Å². The first kappa shape index (κ1) is 26.6. The van der Waals surface area contributed by atoms with Gasteiger partial charge in [-0.25, -0.2) is 4.79 Å². The Kier molecular flexibility index (Phi) is 8.35. The number of alkyl halides is 3. The van der Waals surface area contributed by atoms with Gasteiger partial charge in [0, 0.05) is 43.5 Å². The third-order valence-electron chi connectivity index (χ3n) is 6.76. The lowest BCUT2D eigenvalue weighted by Crippen LogP contribution is -2.55. The summed E-state index contributed by atoms with van der Waals surface area (Å²) in [6, 6.07) is -0.402. The van der Waals surface area contributed by atoms with E-state index in [-0.39, 0.29) is 24.9 Å². The van der Waals surface area contributed by atoms with E-state index in [0.29, 0.717) is 43.2 Å². The highest BCUT2D eigenvalue weighted by atomic mass is 32.1. The van der Waals surface area contributed by atoms with Gasteiger partial charge in [-0.05, 0) is 58.3 Å². The fourth-order valence-electron chi connectivity index (χ4n) is 5.00. The second-order valence-corrected chi connectivity index (χ2v) is 10.8. The minimum Gasteiger partial charge on any atom is -0.396 e. The average Bonchev–Trinajstić information content (AvgIpc) is 3.01. The molecule has 3 amide bonds. The number of likely N-dealkylation sites (N-methyl/N-ethyl adjacent to an activating group) is 2. The molecule has 0 radical (unpaired) electrons. The molecule has 1 aliphatic heterocycles. The van der Waals surface area contributed by atoms with Crippen molar-refractivity contribution in [1.29, 1.82) is 0 Å². The van der Waals surface area contributed by atoms with Crippen molar-refractivity contribution in [2.45, 2.75) is 44.3 Å². The van der Waals surface area contributed by atoms with Gasteiger partial charge in [0.05, 0.1) is 11.6 Å². The Hall–Kier alpha value is -2.05. The first-order valence-electron chi connectivity index (χ1n) is 11.5. The summed E-state index contributed by atoms with van der Waals surface area (Å²) in [7, 11) is 5.64. The van der Waals surface area contributed by atoms with Gasteiger partial charge in [-0.2, -0.15) is 13.2 Å². The molecule has 0 spiro atoms. The van der Waals surface area contributed by atoms with Crippen LogP contribution in [0.1, 0.15) is 29.7 Å². The Morgan fingerprint density at radius 2 is 1.91 bits per heavy atom. The minimum absolute atomic E-state index is 0.158. The number of halogens is 3. The molecule has 34 heavy (non-hydrogen) atoms. The van der Waals surface area contributed by atoms with Crippen LogP contribution in [0, 0.1) is 11.8 Å². The lowest BCUT2D eigenvalue weighted by molar-refractivity contribution is -0.141. The van der Waals surface area contributed by atoms with Crippen LogP contribution in [0.15, 0.2) is 0 Å². The van der Waals surface area contributed by atoms with Crippen LogP contribution in [0.2, 0.25) is 0 Å². The van der Waals surface area contributed by atoms with Gasteiger partial charge in [-0.3, -0.25) is 9.69 Å². The Balaban J connectivity index is 1.71. The molecular weight excluding hydrogens is 469 g/mol. The molecule has 2 heterocycles. The summed E-state index contributed by atoms with van der Waals surface area (Å²) in [5, 5.41) is 3.29. The summed E-state index contributed by atoms with van der Waals surface area (Å²) < 4.78 is 38.1. The quantitative estimate of drug-likeness (QED) is 0.526. The normalized spacial score (nSPS) is 22.9. The topological polar surface area (TPSA) is 108 Å². The number of thiophene rings is 1. The van der Waals surface area contributed by atoms with Crippen molar-refractivity contribution in [1.82, 2.24) is 20.0 Å². The Morgan fingerprint density at radius 1 is 1.21 bits per heavy atom. The van der Waals surface area contributed by atoms with Crippen LogP contribution in [0.3, 0.4) is 0 Å². The molecule has 1 fully saturated rings. The second-order valence-electron chi connectivity index (χ2n) is 9.63. The molecule has 192 valence electrons. The van der Waals surface area contributed by atoms with Crippen LogP contribution < -0.4 is 16.8 Å².